The SMILES string of the molecule is CCNC(=NCCc1nc(C(F)(F)F)cs1)NC1CC1c1c(F)cccc1F. The van der Waals surface area contributed by atoms with Gasteiger partial charge in [-0.15, -0.1) is 11.3 Å². The Kier molecular flexibility index (Phi) is 6.17. The summed E-state index contributed by atoms with van der Waals surface area (Å²) in [5, 5.41) is 7.48. The lowest BCUT2D eigenvalue weighted by molar-refractivity contribution is -0.140. The number of hydrogen-bond acceptors (Lipinski definition) is 3. The number of benzene rings is 1. The van der Waals surface area contributed by atoms with Crippen molar-refractivity contribution in [3.05, 3.63) is 51.5 Å². The van der Waals surface area contributed by atoms with E-state index in [4.69, 9.17) is 0 Å². The van der Waals surface area contributed by atoms with Gasteiger partial charge in [-0.05, 0) is 25.5 Å². The van der Waals surface area contributed by atoms with Gasteiger partial charge in [0.1, 0.15) is 11.6 Å². The summed E-state index contributed by atoms with van der Waals surface area (Å²) in [5.74, 6) is -0.960. The summed E-state index contributed by atoms with van der Waals surface area (Å²) in [7, 11) is 0. The van der Waals surface area contributed by atoms with Gasteiger partial charge in [0.05, 0.1) is 5.01 Å². The lowest BCUT2D eigenvalue weighted by Crippen LogP contribution is -2.39. The molecule has 2 N–H and O–H groups in total. The molecule has 1 aromatic carbocycles. The van der Waals surface area contributed by atoms with Crippen molar-refractivity contribution in [1.82, 2.24) is 15.6 Å². The topological polar surface area (TPSA) is 49.3 Å². The number of thiazole rings is 1. The van der Waals surface area contributed by atoms with Gasteiger partial charge in [0, 0.05) is 42.4 Å². The maximum atomic E-state index is 13.9. The highest BCUT2D eigenvalue weighted by atomic mass is 32.1. The molecule has 0 spiro atoms. The Bertz CT molecular complexity index is 828. The van der Waals surface area contributed by atoms with E-state index in [0.717, 1.165) is 16.7 Å². The molecule has 3 rings (SSSR count). The first kappa shape index (κ1) is 20.5. The first-order valence-electron chi connectivity index (χ1n) is 8.80. The summed E-state index contributed by atoms with van der Waals surface area (Å²) in [6, 6.07) is 3.64. The number of guanidine groups is 1. The Morgan fingerprint density at radius 3 is 2.61 bits per heavy atom. The largest absolute Gasteiger partial charge is 0.434 e. The fourth-order valence-electron chi connectivity index (χ4n) is 2.85. The van der Waals surface area contributed by atoms with Crippen LogP contribution in [0.15, 0.2) is 28.6 Å². The summed E-state index contributed by atoms with van der Waals surface area (Å²) in [6.45, 7) is 2.69. The third-order valence-corrected chi connectivity index (χ3v) is 5.17. The minimum Gasteiger partial charge on any atom is -0.357 e. The molecule has 0 amide bonds. The van der Waals surface area contributed by atoms with Gasteiger partial charge in [-0.2, -0.15) is 13.2 Å². The van der Waals surface area contributed by atoms with Gasteiger partial charge >= 0.3 is 6.18 Å². The van der Waals surface area contributed by atoms with Crippen molar-refractivity contribution in [1.29, 1.82) is 0 Å². The lowest BCUT2D eigenvalue weighted by Gasteiger charge is -2.11. The predicted molar refractivity (Wildman–Crippen MR) is 97.4 cm³/mol. The maximum absolute atomic E-state index is 13.9. The van der Waals surface area contributed by atoms with Crippen LogP contribution in [0.3, 0.4) is 0 Å². The number of aromatic nitrogens is 1. The summed E-state index contributed by atoms with van der Waals surface area (Å²) < 4.78 is 65.5. The fraction of sp³-hybridized carbons (Fsp3) is 0.444. The first-order chi connectivity index (χ1) is 13.3. The monoisotopic (exact) mass is 418 g/mol. The van der Waals surface area contributed by atoms with E-state index < -0.39 is 23.5 Å². The van der Waals surface area contributed by atoms with Gasteiger partial charge in [0.2, 0.25) is 0 Å². The smallest absolute Gasteiger partial charge is 0.357 e. The number of nitrogens with one attached hydrogen (secondary N) is 2. The highest BCUT2D eigenvalue weighted by Gasteiger charge is 2.42. The van der Waals surface area contributed by atoms with Crippen LogP contribution in [0.1, 0.15) is 35.5 Å². The van der Waals surface area contributed by atoms with E-state index in [1.807, 2.05) is 6.92 Å². The normalized spacial score (nSPS) is 19.6. The molecular weight excluding hydrogens is 399 g/mol. The van der Waals surface area contributed by atoms with E-state index in [-0.39, 0.29) is 30.5 Å². The van der Waals surface area contributed by atoms with Crippen molar-refractivity contribution in [2.24, 2.45) is 4.99 Å². The Morgan fingerprint density at radius 1 is 1.29 bits per heavy atom. The van der Waals surface area contributed by atoms with Crippen LogP contribution in [0, 0.1) is 11.6 Å². The minimum absolute atomic E-state index is 0.0679. The van der Waals surface area contributed by atoms with E-state index in [0.29, 0.717) is 23.9 Å². The molecule has 0 radical (unpaired) electrons. The van der Waals surface area contributed by atoms with E-state index in [1.165, 1.54) is 18.2 Å². The van der Waals surface area contributed by atoms with Crippen molar-refractivity contribution in [2.45, 2.75) is 37.9 Å². The highest BCUT2D eigenvalue weighted by Crippen LogP contribution is 2.43. The van der Waals surface area contributed by atoms with E-state index in [1.54, 1.807) is 0 Å². The molecule has 1 fully saturated rings. The van der Waals surface area contributed by atoms with E-state index >= 15 is 0 Å². The molecule has 1 aliphatic rings. The van der Waals surface area contributed by atoms with E-state index in [9.17, 15) is 22.0 Å². The zero-order chi connectivity index (χ0) is 20.3. The van der Waals surface area contributed by atoms with Crippen molar-refractivity contribution in [3.8, 4) is 0 Å². The van der Waals surface area contributed by atoms with Gasteiger partial charge in [-0.25, -0.2) is 13.8 Å². The van der Waals surface area contributed by atoms with Crippen molar-refractivity contribution >= 4 is 17.3 Å². The molecule has 2 atom stereocenters. The first-order valence-corrected chi connectivity index (χ1v) is 9.68. The zero-order valence-electron chi connectivity index (χ0n) is 15.0. The lowest BCUT2D eigenvalue weighted by atomic mass is 10.1. The molecule has 4 nitrogen and oxygen atoms in total. The fourth-order valence-corrected chi connectivity index (χ4v) is 3.65. The Hall–Kier alpha value is -2.23. The van der Waals surface area contributed by atoms with Crippen LogP contribution in [-0.4, -0.2) is 30.1 Å². The van der Waals surface area contributed by atoms with Gasteiger partial charge in [-0.1, -0.05) is 6.07 Å². The molecule has 2 aromatic rings. The molecular formula is C18H19F5N4S. The molecule has 1 saturated carbocycles. The molecule has 1 aliphatic carbocycles. The van der Waals surface area contributed by atoms with Crippen LogP contribution in [0.5, 0.6) is 0 Å². The van der Waals surface area contributed by atoms with Gasteiger partial charge < -0.3 is 10.6 Å². The summed E-state index contributed by atoms with van der Waals surface area (Å²) >= 11 is 0.944. The zero-order valence-corrected chi connectivity index (χ0v) is 15.8. The molecule has 2 unspecified atom stereocenters. The molecule has 1 heterocycles. The number of aliphatic imine (C=N–C) groups is 1. The Balaban J connectivity index is 1.57. The number of halogens is 5. The Morgan fingerprint density at radius 2 is 2.00 bits per heavy atom. The number of alkyl halides is 3. The van der Waals surface area contributed by atoms with Gasteiger partial charge in [-0.3, -0.25) is 4.99 Å². The number of nitrogens with zero attached hydrogens (tertiary/aromatic N) is 2. The summed E-state index contributed by atoms with van der Waals surface area (Å²) in [6.07, 6.45) is -3.60. The molecule has 0 aliphatic heterocycles. The quantitative estimate of drug-likeness (QED) is 0.422. The second-order valence-corrected chi connectivity index (χ2v) is 7.31. The molecule has 0 saturated heterocycles. The standard InChI is InChI=1S/C18H19F5N4S/c1-2-24-17(25-7-6-15-27-14(9-28-15)18(21,22)23)26-13-8-10(13)16-11(19)4-3-5-12(16)20/h3-5,9-10,13H,2,6-8H2,1H3,(H2,24,25,26). The summed E-state index contributed by atoms with van der Waals surface area (Å²) in [4.78, 5) is 7.89. The van der Waals surface area contributed by atoms with Crippen molar-refractivity contribution in [2.75, 3.05) is 13.1 Å². The molecule has 10 heteroatoms. The third kappa shape index (κ3) is 4.98. The molecule has 1 aromatic heterocycles. The highest BCUT2D eigenvalue weighted by molar-refractivity contribution is 7.09. The summed E-state index contributed by atoms with van der Waals surface area (Å²) in [5.41, 5.74) is -0.826. The van der Waals surface area contributed by atoms with Crippen LogP contribution < -0.4 is 10.6 Å². The van der Waals surface area contributed by atoms with Crippen LogP contribution in [0.2, 0.25) is 0 Å². The van der Waals surface area contributed by atoms with Crippen LogP contribution >= 0.6 is 11.3 Å². The average molecular weight is 418 g/mol. The van der Waals surface area contributed by atoms with Crippen molar-refractivity contribution < 1.29 is 22.0 Å². The third-order valence-electron chi connectivity index (χ3n) is 4.27. The molecule has 152 valence electrons. The van der Waals surface area contributed by atoms with Crippen molar-refractivity contribution in [3.63, 3.8) is 0 Å². The Labute approximate surface area is 162 Å². The second kappa shape index (κ2) is 8.42. The van der Waals surface area contributed by atoms with Crippen LogP contribution in [0.4, 0.5) is 22.0 Å². The number of hydrogen-bond donors (Lipinski definition) is 2. The van der Waals surface area contributed by atoms with Crippen LogP contribution in [0.25, 0.3) is 0 Å². The second-order valence-electron chi connectivity index (χ2n) is 6.36. The molecule has 0 bridgehead atoms. The van der Waals surface area contributed by atoms with Crippen LogP contribution in [-0.2, 0) is 12.6 Å². The van der Waals surface area contributed by atoms with E-state index in [2.05, 4.69) is 20.6 Å². The average Bonchev–Trinajstić information content (AvgIpc) is 3.16. The predicted octanol–water partition coefficient (Wildman–Crippen LogP) is 4.09. The van der Waals surface area contributed by atoms with Gasteiger partial charge in [0.15, 0.2) is 11.7 Å². The van der Waals surface area contributed by atoms with Gasteiger partial charge in [0.25, 0.3) is 0 Å². The maximum Gasteiger partial charge on any atom is 0.434 e. The minimum atomic E-state index is -4.45. The number of rotatable bonds is 6. The molecule has 28 heavy (non-hydrogen) atoms.